The number of nitrogens with zero attached hydrogens (tertiary/aromatic N) is 1. The summed E-state index contributed by atoms with van der Waals surface area (Å²) in [5, 5.41) is 0. The lowest BCUT2D eigenvalue weighted by Gasteiger charge is -2.15. The van der Waals surface area contributed by atoms with Crippen molar-refractivity contribution in [2.75, 3.05) is 6.61 Å². The SMILES string of the molecule is O=CC=CC=Cc1ccc(OCC(F)(F)C(F)F)nc1. The normalized spacial score (nSPS) is 12.4. The predicted octanol–water partition coefficient (Wildman–Crippen LogP) is 3.13. The van der Waals surface area contributed by atoms with E-state index in [4.69, 9.17) is 0 Å². The van der Waals surface area contributed by atoms with Crippen molar-refractivity contribution in [1.29, 1.82) is 0 Å². The van der Waals surface area contributed by atoms with Gasteiger partial charge in [0.05, 0.1) is 0 Å². The molecule has 20 heavy (non-hydrogen) atoms. The molecule has 1 aromatic heterocycles. The van der Waals surface area contributed by atoms with Gasteiger partial charge in [0.25, 0.3) is 0 Å². The molecule has 7 heteroatoms. The minimum atomic E-state index is -4.21. The van der Waals surface area contributed by atoms with Crippen molar-refractivity contribution in [3.05, 3.63) is 42.1 Å². The van der Waals surface area contributed by atoms with Crippen molar-refractivity contribution < 1.29 is 27.1 Å². The Balaban J connectivity index is 2.57. The van der Waals surface area contributed by atoms with Crippen LogP contribution in [0, 0.1) is 0 Å². The number of hydrogen-bond donors (Lipinski definition) is 0. The van der Waals surface area contributed by atoms with Crippen LogP contribution in [-0.2, 0) is 4.79 Å². The summed E-state index contributed by atoms with van der Waals surface area (Å²) in [6.07, 6.45) is 4.13. The van der Waals surface area contributed by atoms with Gasteiger partial charge in [-0.1, -0.05) is 18.2 Å². The number of ether oxygens (including phenoxy) is 1. The zero-order valence-electron chi connectivity index (χ0n) is 10.2. The van der Waals surface area contributed by atoms with E-state index in [0.29, 0.717) is 11.8 Å². The Morgan fingerprint density at radius 3 is 2.55 bits per heavy atom. The van der Waals surface area contributed by atoms with E-state index >= 15 is 0 Å². The highest BCUT2D eigenvalue weighted by atomic mass is 19.3. The van der Waals surface area contributed by atoms with Crippen molar-refractivity contribution >= 4 is 12.4 Å². The van der Waals surface area contributed by atoms with Crippen LogP contribution in [0.5, 0.6) is 5.88 Å². The van der Waals surface area contributed by atoms with Gasteiger partial charge in [-0.3, -0.25) is 4.79 Å². The number of carbonyl (C=O) groups excluding carboxylic acids is 1. The smallest absolute Gasteiger partial charge is 0.340 e. The minimum Gasteiger partial charge on any atom is -0.471 e. The number of aldehydes is 1. The van der Waals surface area contributed by atoms with E-state index < -0.39 is 19.0 Å². The van der Waals surface area contributed by atoms with Gasteiger partial charge in [-0.15, -0.1) is 0 Å². The number of aromatic nitrogens is 1. The molecule has 0 saturated heterocycles. The van der Waals surface area contributed by atoms with E-state index in [0.717, 1.165) is 0 Å². The van der Waals surface area contributed by atoms with Gasteiger partial charge in [0.15, 0.2) is 6.61 Å². The van der Waals surface area contributed by atoms with Gasteiger partial charge in [-0.05, 0) is 17.7 Å². The molecular weight excluding hydrogens is 278 g/mol. The van der Waals surface area contributed by atoms with Crippen molar-refractivity contribution in [2.45, 2.75) is 12.3 Å². The highest BCUT2D eigenvalue weighted by molar-refractivity contribution is 5.66. The van der Waals surface area contributed by atoms with Crippen LogP contribution in [0.25, 0.3) is 6.08 Å². The topological polar surface area (TPSA) is 39.2 Å². The summed E-state index contributed by atoms with van der Waals surface area (Å²) >= 11 is 0. The minimum absolute atomic E-state index is 0.175. The standard InChI is InChI=1S/C13H11F4NO2/c14-12(15)13(16,17)9-20-11-6-5-10(8-18-11)4-2-1-3-7-19/h1-8,12H,9H2. The molecule has 0 radical (unpaired) electrons. The number of allylic oxidation sites excluding steroid dienone is 3. The third-order valence-corrected chi connectivity index (χ3v) is 2.08. The Kier molecular flexibility index (Phi) is 5.89. The van der Waals surface area contributed by atoms with Crippen molar-refractivity contribution in [3.63, 3.8) is 0 Å². The van der Waals surface area contributed by atoms with Gasteiger partial charge in [0.1, 0.15) is 6.29 Å². The second kappa shape index (κ2) is 7.42. The van der Waals surface area contributed by atoms with Crippen LogP contribution in [0.15, 0.2) is 36.6 Å². The fourth-order valence-corrected chi connectivity index (χ4v) is 1.09. The van der Waals surface area contributed by atoms with Crippen molar-refractivity contribution in [2.24, 2.45) is 0 Å². The third-order valence-electron chi connectivity index (χ3n) is 2.08. The summed E-state index contributed by atoms with van der Waals surface area (Å²) in [6, 6.07) is 2.79. The van der Waals surface area contributed by atoms with Crippen molar-refractivity contribution in [1.82, 2.24) is 4.98 Å². The highest BCUT2D eigenvalue weighted by Crippen LogP contribution is 2.23. The molecule has 3 nitrogen and oxygen atoms in total. The molecule has 0 bridgehead atoms. The van der Waals surface area contributed by atoms with Crippen LogP contribution < -0.4 is 4.74 Å². The first-order valence-electron chi connectivity index (χ1n) is 5.49. The summed E-state index contributed by atoms with van der Waals surface area (Å²) in [5.74, 6) is -4.38. The Bertz CT molecular complexity index is 484. The maximum Gasteiger partial charge on any atom is 0.340 e. The summed E-state index contributed by atoms with van der Waals surface area (Å²) in [7, 11) is 0. The van der Waals surface area contributed by atoms with Crippen LogP contribution >= 0.6 is 0 Å². The van der Waals surface area contributed by atoms with Gasteiger partial charge >= 0.3 is 12.3 Å². The Morgan fingerprint density at radius 1 is 1.25 bits per heavy atom. The molecule has 0 amide bonds. The van der Waals surface area contributed by atoms with Gasteiger partial charge in [0, 0.05) is 12.3 Å². The van der Waals surface area contributed by atoms with E-state index in [-0.39, 0.29) is 5.88 Å². The number of halogens is 4. The molecule has 0 unspecified atom stereocenters. The summed E-state index contributed by atoms with van der Waals surface area (Å²) in [5.41, 5.74) is 0.633. The summed E-state index contributed by atoms with van der Waals surface area (Å²) in [6.45, 7) is -1.44. The fraction of sp³-hybridized carbons (Fsp3) is 0.231. The van der Waals surface area contributed by atoms with Crippen molar-refractivity contribution in [3.8, 4) is 5.88 Å². The molecule has 0 aliphatic rings. The first-order chi connectivity index (χ1) is 9.45. The van der Waals surface area contributed by atoms with Gasteiger partial charge < -0.3 is 4.74 Å². The van der Waals surface area contributed by atoms with Crippen LogP contribution in [0.2, 0.25) is 0 Å². The third kappa shape index (κ3) is 5.21. The average Bonchev–Trinajstić information content (AvgIpc) is 2.42. The number of pyridine rings is 1. The average molecular weight is 289 g/mol. The molecule has 0 saturated carbocycles. The first-order valence-corrected chi connectivity index (χ1v) is 5.49. The molecule has 0 aromatic carbocycles. The lowest BCUT2D eigenvalue weighted by atomic mass is 10.2. The maximum atomic E-state index is 12.6. The molecule has 0 atom stereocenters. The quantitative estimate of drug-likeness (QED) is 0.335. The molecule has 0 fully saturated rings. The largest absolute Gasteiger partial charge is 0.471 e. The second-order valence-electron chi connectivity index (χ2n) is 3.66. The monoisotopic (exact) mass is 289 g/mol. The van der Waals surface area contributed by atoms with E-state index in [1.165, 1.54) is 30.5 Å². The Morgan fingerprint density at radius 2 is 2.00 bits per heavy atom. The zero-order chi connectivity index (χ0) is 15.0. The van der Waals surface area contributed by atoms with Crippen LogP contribution in [0.3, 0.4) is 0 Å². The lowest BCUT2D eigenvalue weighted by Crippen LogP contribution is -2.33. The molecule has 0 spiro atoms. The van der Waals surface area contributed by atoms with E-state index in [2.05, 4.69) is 9.72 Å². The van der Waals surface area contributed by atoms with Crippen LogP contribution in [0.4, 0.5) is 17.6 Å². The van der Waals surface area contributed by atoms with E-state index in [9.17, 15) is 22.4 Å². The maximum absolute atomic E-state index is 12.6. The summed E-state index contributed by atoms with van der Waals surface area (Å²) in [4.78, 5) is 13.7. The zero-order valence-corrected chi connectivity index (χ0v) is 10.2. The molecule has 1 heterocycles. The van der Waals surface area contributed by atoms with Crippen LogP contribution in [0.1, 0.15) is 5.56 Å². The molecule has 0 aliphatic heterocycles. The highest BCUT2D eigenvalue weighted by Gasteiger charge is 2.41. The molecule has 108 valence electrons. The van der Waals surface area contributed by atoms with E-state index in [1.54, 1.807) is 12.2 Å². The number of rotatable bonds is 7. The molecule has 1 aromatic rings. The van der Waals surface area contributed by atoms with Gasteiger partial charge in [0.2, 0.25) is 5.88 Å². The second-order valence-corrected chi connectivity index (χ2v) is 3.66. The van der Waals surface area contributed by atoms with E-state index in [1.807, 2.05) is 0 Å². The Hall–Kier alpha value is -2.18. The van der Waals surface area contributed by atoms with Gasteiger partial charge in [-0.25, -0.2) is 13.8 Å². The first kappa shape index (κ1) is 15.9. The number of hydrogen-bond acceptors (Lipinski definition) is 3. The summed E-state index contributed by atoms with van der Waals surface area (Å²) < 4.78 is 53.5. The fourth-order valence-electron chi connectivity index (χ4n) is 1.09. The number of alkyl halides is 4. The molecular formula is C13H11F4NO2. The molecule has 0 aliphatic carbocycles. The Labute approximate surface area is 112 Å². The molecule has 1 rings (SSSR count). The predicted molar refractivity (Wildman–Crippen MR) is 64.9 cm³/mol. The van der Waals surface area contributed by atoms with Gasteiger partial charge in [-0.2, -0.15) is 8.78 Å². The number of carbonyl (C=O) groups is 1. The molecule has 0 N–H and O–H groups in total. The lowest BCUT2D eigenvalue weighted by molar-refractivity contribution is -0.148. The van der Waals surface area contributed by atoms with Crippen LogP contribution in [-0.4, -0.2) is 30.2 Å².